The molecule has 1 saturated carbocycles. The molecule has 1 fully saturated rings. The molecule has 1 rings (SSSR count). The SMILES string of the molecule is CC(F)(F)CC1(C(F)(F)F)CC1. The van der Waals surface area contributed by atoms with Gasteiger partial charge in [-0.15, -0.1) is 0 Å². The largest absolute Gasteiger partial charge is 0.394 e. The highest BCUT2D eigenvalue weighted by Crippen LogP contribution is 2.62. The van der Waals surface area contributed by atoms with Gasteiger partial charge in [0, 0.05) is 6.42 Å². The van der Waals surface area contributed by atoms with Crippen LogP contribution in [-0.4, -0.2) is 12.1 Å². The van der Waals surface area contributed by atoms with E-state index in [-0.39, 0.29) is 12.8 Å². The molecule has 0 heterocycles. The van der Waals surface area contributed by atoms with Gasteiger partial charge in [0.2, 0.25) is 5.92 Å². The zero-order chi connectivity index (χ0) is 9.62. The van der Waals surface area contributed by atoms with Crippen LogP contribution in [0.2, 0.25) is 0 Å². The second-order valence-electron chi connectivity index (χ2n) is 3.53. The van der Waals surface area contributed by atoms with Crippen LogP contribution in [0, 0.1) is 5.41 Å². The molecule has 72 valence electrons. The molecule has 0 bridgehead atoms. The first-order valence-corrected chi connectivity index (χ1v) is 3.61. The maximum absolute atomic E-state index is 12.3. The van der Waals surface area contributed by atoms with Crippen LogP contribution in [0.15, 0.2) is 0 Å². The van der Waals surface area contributed by atoms with Crippen LogP contribution < -0.4 is 0 Å². The fourth-order valence-electron chi connectivity index (χ4n) is 1.31. The van der Waals surface area contributed by atoms with E-state index in [0.29, 0.717) is 6.92 Å². The number of alkyl halides is 5. The average molecular weight is 188 g/mol. The zero-order valence-electron chi connectivity index (χ0n) is 6.51. The molecule has 0 aromatic carbocycles. The molecule has 0 unspecified atom stereocenters. The summed E-state index contributed by atoms with van der Waals surface area (Å²) in [6.45, 7) is 0.527. The Kier molecular flexibility index (Phi) is 1.89. The molecule has 0 aromatic heterocycles. The van der Waals surface area contributed by atoms with Gasteiger partial charge in [0.05, 0.1) is 5.41 Å². The average Bonchev–Trinajstić information content (AvgIpc) is 2.39. The second kappa shape index (κ2) is 2.33. The van der Waals surface area contributed by atoms with Crippen molar-refractivity contribution in [2.24, 2.45) is 5.41 Å². The molecule has 0 aliphatic heterocycles. The van der Waals surface area contributed by atoms with E-state index in [0.717, 1.165) is 0 Å². The molecule has 0 radical (unpaired) electrons. The normalized spacial score (nSPS) is 22.5. The minimum atomic E-state index is -4.47. The van der Waals surface area contributed by atoms with E-state index in [9.17, 15) is 22.0 Å². The van der Waals surface area contributed by atoms with E-state index in [4.69, 9.17) is 0 Å². The smallest absolute Gasteiger partial charge is 0.207 e. The number of hydrogen-bond donors (Lipinski definition) is 0. The van der Waals surface area contributed by atoms with Gasteiger partial charge in [-0.1, -0.05) is 0 Å². The van der Waals surface area contributed by atoms with Crippen molar-refractivity contribution in [1.82, 2.24) is 0 Å². The van der Waals surface area contributed by atoms with Crippen molar-refractivity contribution in [2.45, 2.75) is 38.3 Å². The van der Waals surface area contributed by atoms with Crippen LogP contribution in [0.1, 0.15) is 26.2 Å². The molecular weight excluding hydrogens is 179 g/mol. The molecule has 5 heteroatoms. The summed E-state index contributed by atoms with van der Waals surface area (Å²) >= 11 is 0. The third-order valence-electron chi connectivity index (χ3n) is 2.10. The Balaban J connectivity index is 2.63. The Morgan fingerprint density at radius 3 is 1.58 bits per heavy atom. The monoisotopic (exact) mass is 188 g/mol. The molecule has 0 spiro atoms. The fraction of sp³-hybridized carbons (Fsp3) is 1.00. The maximum atomic E-state index is 12.3. The summed E-state index contributed by atoms with van der Waals surface area (Å²) in [6.07, 6.45) is -5.84. The summed E-state index contributed by atoms with van der Waals surface area (Å²) in [5.74, 6) is -3.22. The topological polar surface area (TPSA) is 0 Å². The number of halogens is 5. The van der Waals surface area contributed by atoms with E-state index < -0.39 is 23.9 Å². The molecule has 0 nitrogen and oxygen atoms in total. The summed E-state index contributed by atoms with van der Waals surface area (Å²) in [6, 6.07) is 0. The minimum absolute atomic E-state index is 0.153. The van der Waals surface area contributed by atoms with Crippen molar-refractivity contribution in [1.29, 1.82) is 0 Å². The quantitative estimate of drug-likeness (QED) is 0.583. The van der Waals surface area contributed by atoms with Gasteiger partial charge < -0.3 is 0 Å². The Hall–Kier alpha value is -0.350. The first kappa shape index (κ1) is 9.74. The molecule has 0 atom stereocenters. The van der Waals surface area contributed by atoms with Gasteiger partial charge >= 0.3 is 6.18 Å². The first-order chi connectivity index (χ1) is 5.16. The van der Waals surface area contributed by atoms with E-state index >= 15 is 0 Å². The van der Waals surface area contributed by atoms with Gasteiger partial charge in [-0.05, 0) is 19.8 Å². The summed E-state index contributed by atoms with van der Waals surface area (Å²) in [5.41, 5.74) is -2.08. The molecule has 12 heavy (non-hydrogen) atoms. The van der Waals surface area contributed by atoms with Gasteiger partial charge in [0.1, 0.15) is 0 Å². The highest BCUT2D eigenvalue weighted by molar-refractivity contribution is 5.01. The maximum Gasteiger partial charge on any atom is 0.394 e. The lowest BCUT2D eigenvalue weighted by molar-refractivity contribution is -0.205. The van der Waals surface area contributed by atoms with E-state index in [1.165, 1.54) is 0 Å². The van der Waals surface area contributed by atoms with Crippen LogP contribution in [0.3, 0.4) is 0 Å². The van der Waals surface area contributed by atoms with Crippen molar-refractivity contribution < 1.29 is 22.0 Å². The van der Waals surface area contributed by atoms with Crippen LogP contribution in [0.4, 0.5) is 22.0 Å². The van der Waals surface area contributed by atoms with Crippen molar-refractivity contribution >= 4 is 0 Å². The lowest BCUT2D eigenvalue weighted by atomic mass is 9.98. The minimum Gasteiger partial charge on any atom is -0.207 e. The van der Waals surface area contributed by atoms with Crippen molar-refractivity contribution in [2.75, 3.05) is 0 Å². The van der Waals surface area contributed by atoms with Crippen LogP contribution in [0.5, 0.6) is 0 Å². The standard InChI is InChI=1S/C7H9F5/c1-5(8,9)4-6(2-3-6)7(10,11)12/h2-4H2,1H3. The van der Waals surface area contributed by atoms with Gasteiger partial charge in [-0.3, -0.25) is 0 Å². The highest BCUT2D eigenvalue weighted by atomic mass is 19.4. The highest BCUT2D eigenvalue weighted by Gasteiger charge is 2.65. The van der Waals surface area contributed by atoms with Crippen LogP contribution in [-0.2, 0) is 0 Å². The second-order valence-corrected chi connectivity index (χ2v) is 3.53. The fourth-order valence-corrected chi connectivity index (χ4v) is 1.31. The lowest BCUT2D eigenvalue weighted by Gasteiger charge is -2.22. The third-order valence-corrected chi connectivity index (χ3v) is 2.10. The van der Waals surface area contributed by atoms with Gasteiger partial charge in [0.15, 0.2) is 0 Å². The van der Waals surface area contributed by atoms with Crippen LogP contribution in [0.25, 0.3) is 0 Å². The van der Waals surface area contributed by atoms with Crippen LogP contribution >= 0.6 is 0 Å². The molecule has 0 aromatic rings. The molecule has 1 aliphatic carbocycles. The van der Waals surface area contributed by atoms with E-state index in [1.54, 1.807) is 0 Å². The summed E-state index contributed by atoms with van der Waals surface area (Å²) < 4.78 is 60.9. The molecular formula is C7H9F5. The molecule has 0 amide bonds. The summed E-state index contributed by atoms with van der Waals surface area (Å²) in [7, 11) is 0. The molecule has 0 saturated heterocycles. The molecule has 0 N–H and O–H groups in total. The first-order valence-electron chi connectivity index (χ1n) is 3.61. The van der Waals surface area contributed by atoms with Gasteiger partial charge in [0.25, 0.3) is 0 Å². The van der Waals surface area contributed by atoms with Gasteiger partial charge in [-0.25, -0.2) is 8.78 Å². The van der Waals surface area contributed by atoms with Crippen molar-refractivity contribution in [3.05, 3.63) is 0 Å². The Morgan fingerprint density at radius 1 is 1.08 bits per heavy atom. The molecule has 1 aliphatic rings. The number of hydrogen-bond acceptors (Lipinski definition) is 0. The Bertz CT molecular complexity index is 171. The Labute approximate surface area is 66.8 Å². The summed E-state index contributed by atoms with van der Waals surface area (Å²) in [4.78, 5) is 0. The lowest BCUT2D eigenvalue weighted by Crippen LogP contribution is -2.30. The predicted molar refractivity (Wildman–Crippen MR) is 33.0 cm³/mol. The van der Waals surface area contributed by atoms with Crippen molar-refractivity contribution in [3.8, 4) is 0 Å². The third kappa shape index (κ3) is 1.87. The summed E-state index contributed by atoms with van der Waals surface area (Å²) in [5, 5.41) is 0. The van der Waals surface area contributed by atoms with E-state index in [2.05, 4.69) is 0 Å². The van der Waals surface area contributed by atoms with Gasteiger partial charge in [-0.2, -0.15) is 13.2 Å². The van der Waals surface area contributed by atoms with Crippen molar-refractivity contribution in [3.63, 3.8) is 0 Å². The number of rotatable bonds is 2. The Morgan fingerprint density at radius 2 is 1.50 bits per heavy atom. The van der Waals surface area contributed by atoms with E-state index in [1.807, 2.05) is 0 Å². The predicted octanol–water partition coefficient (Wildman–Crippen LogP) is 3.37. The zero-order valence-corrected chi connectivity index (χ0v) is 6.51.